The molecule has 1 atom stereocenters. The van der Waals surface area contributed by atoms with Crippen LogP contribution in [0.25, 0.3) is 0 Å². The maximum absolute atomic E-state index is 13.4. The molecule has 0 radical (unpaired) electrons. The lowest BCUT2D eigenvalue weighted by Crippen LogP contribution is -2.44. The van der Waals surface area contributed by atoms with Crippen LogP contribution in [0.5, 0.6) is 17.2 Å². The van der Waals surface area contributed by atoms with Gasteiger partial charge in [-0.1, -0.05) is 18.2 Å². The van der Waals surface area contributed by atoms with E-state index in [4.69, 9.17) is 14.2 Å². The van der Waals surface area contributed by atoms with Crippen LogP contribution in [0, 0.1) is 0 Å². The Balaban J connectivity index is 1.65. The largest absolute Gasteiger partial charge is 0.494 e. The first-order valence-electron chi connectivity index (χ1n) is 10.3. The van der Waals surface area contributed by atoms with Gasteiger partial charge in [0.15, 0.2) is 11.5 Å². The first kappa shape index (κ1) is 20.7. The smallest absolute Gasteiger partial charge is 0.322 e. The zero-order valence-electron chi connectivity index (χ0n) is 18.0. The molecule has 7 heteroatoms. The number of urea groups is 1. The molecule has 0 unspecified atom stereocenters. The van der Waals surface area contributed by atoms with Gasteiger partial charge in [0.2, 0.25) is 0 Å². The monoisotopic (exact) mass is 421 g/mol. The minimum Gasteiger partial charge on any atom is -0.494 e. The predicted molar refractivity (Wildman–Crippen MR) is 119 cm³/mol. The molecule has 3 aromatic rings. The third-order valence-electron chi connectivity index (χ3n) is 5.45. The Bertz CT molecular complexity index is 1050. The Morgan fingerprint density at radius 2 is 1.84 bits per heavy atom. The number of para-hydroxylation sites is 1. The number of anilines is 1. The van der Waals surface area contributed by atoms with Crippen molar-refractivity contribution in [3.63, 3.8) is 0 Å². The Labute approximate surface area is 182 Å². The average Bonchev–Trinajstić information content (AvgIpc) is 3.28. The Morgan fingerprint density at radius 1 is 1.03 bits per heavy atom. The van der Waals surface area contributed by atoms with Gasteiger partial charge in [-0.2, -0.15) is 0 Å². The number of carbonyl (C=O) groups is 1. The van der Waals surface area contributed by atoms with Gasteiger partial charge < -0.3 is 29.0 Å². The highest BCUT2D eigenvalue weighted by atomic mass is 16.5. The summed E-state index contributed by atoms with van der Waals surface area (Å²) in [7, 11) is 3.13. The predicted octanol–water partition coefficient (Wildman–Crippen LogP) is 4.54. The molecule has 0 spiro atoms. The lowest BCUT2D eigenvalue weighted by Gasteiger charge is -2.37. The van der Waals surface area contributed by atoms with Crippen LogP contribution in [0.2, 0.25) is 0 Å². The minimum absolute atomic E-state index is 0.196. The zero-order chi connectivity index (χ0) is 21.8. The Kier molecular flexibility index (Phi) is 6.02. The van der Waals surface area contributed by atoms with E-state index in [0.717, 1.165) is 23.6 Å². The first-order chi connectivity index (χ1) is 15.2. The molecule has 2 heterocycles. The summed E-state index contributed by atoms with van der Waals surface area (Å²) in [5.41, 5.74) is 2.66. The number of ether oxygens (including phenoxy) is 3. The maximum Gasteiger partial charge on any atom is 0.322 e. The molecule has 162 valence electrons. The van der Waals surface area contributed by atoms with E-state index in [1.54, 1.807) is 26.4 Å². The molecular formula is C24H27N3O4. The van der Waals surface area contributed by atoms with E-state index < -0.39 is 0 Å². The number of hydrogen-bond acceptors (Lipinski definition) is 4. The van der Waals surface area contributed by atoms with Crippen LogP contribution in [0.1, 0.15) is 24.2 Å². The first-order valence-corrected chi connectivity index (χ1v) is 10.3. The van der Waals surface area contributed by atoms with Gasteiger partial charge in [0.25, 0.3) is 0 Å². The summed E-state index contributed by atoms with van der Waals surface area (Å²) < 4.78 is 18.6. The molecule has 0 fully saturated rings. The highest BCUT2D eigenvalue weighted by molar-refractivity contribution is 5.92. The third kappa shape index (κ3) is 4.03. The van der Waals surface area contributed by atoms with E-state index in [-0.39, 0.29) is 12.1 Å². The van der Waals surface area contributed by atoms with Crippen LogP contribution < -0.4 is 19.5 Å². The summed E-state index contributed by atoms with van der Waals surface area (Å²) in [4.78, 5) is 15.3. The van der Waals surface area contributed by atoms with Crippen LogP contribution in [0.3, 0.4) is 0 Å². The molecule has 1 N–H and O–H groups in total. The van der Waals surface area contributed by atoms with Crippen molar-refractivity contribution in [2.24, 2.45) is 0 Å². The van der Waals surface area contributed by atoms with E-state index in [9.17, 15) is 4.79 Å². The number of nitrogens with one attached hydrogen (secondary N) is 1. The van der Waals surface area contributed by atoms with E-state index >= 15 is 0 Å². The van der Waals surface area contributed by atoms with Gasteiger partial charge in [-0.05, 0) is 48.9 Å². The van der Waals surface area contributed by atoms with Crippen molar-refractivity contribution in [1.82, 2.24) is 9.47 Å². The van der Waals surface area contributed by atoms with Crippen molar-refractivity contribution in [2.75, 3.05) is 32.7 Å². The SMILES string of the molecule is CCOc1ccc([C@H]2c3cccn3CCN2C(=O)Nc2cccc(OC)c2OC)cc1. The summed E-state index contributed by atoms with van der Waals surface area (Å²) >= 11 is 0. The lowest BCUT2D eigenvalue weighted by molar-refractivity contribution is 0.181. The number of benzene rings is 2. The third-order valence-corrected chi connectivity index (χ3v) is 5.45. The van der Waals surface area contributed by atoms with Gasteiger partial charge in [-0.25, -0.2) is 4.79 Å². The maximum atomic E-state index is 13.4. The highest BCUT2D eigenvalue weighted by Gasteiger charge is 2.32. The molecule has 2 aromatic carbocycles. The van der Waals surface area contributed by atoms with E-state index in [2.05, 4.69) is 22.1 Å². The van der Waals surface area contributed by atoms with Crippen molar-refractivity contribution < 1.29 is 19.0 Å². The quantitative estimate of drug-likeness (QED) is 0.635. The molecule has 0 aliphatic carbocycles. The van der Waals surface area contributed by atoms with Crippen LogP contribution in [-0.4, -0.2) is 42.9 Å². The summed E-state index contributed by atoms with van der Waals surface area (Å²) in [5.74, 6) is 1.88. The summed E-state index contributed by atoms with van der Waals surface area (Å²) in [6.45, 7) is 3.89. The fourth-order valence-electron chi connectivity index (χ4n) is 4.04. The van der Waals surface area contributed by atoms with Crippen LogP contribution >= 0.6 is 0 Å². The van der Waals surface area contributed by atoms with E-state index in [1.807, 2.05) is 48.2 Å². The number of aromatic nitrogens is 1. The molecule has 0 bridgehead atoms. The Hall–Kier alpha value is -3.61. The van der Waals surface area contributed by atoms with Crippen molar-refractivity contribution >= 4 is 11.7 Å². The van der Waals surface area contributed by atoms with Crippen molar-refractivity contribution in [2.45, 2.75) is 19.5 Å². The van der Waals surface area contributed by atoms with Crippen molar-refractivity contribution in [1.29, 1.82) is 0 Å². The topological polar surface area (TPSA) is 65.0 Å². The molecule has 0 saturated carbocycles. The molecule has 1 aliphatic heterocycles. The van der Waals surface area contributed by atoms with E-state index in [1.165, 1.54) is 0 Å². The number of carbonyl (C=O) groups excluding carboxylic acids is 1. The second-order valence-electron chi connectivity index (χ2n) is 7.20. The number of amides is 2. The molecule has 2 amide bonds. The molecule has 31 heavy (non-hydrogen) atoms. The molecule has 1 aliphatic rings. The van der Waals surface area contributed by atoms with Crippen LogP contribution in [0.4, 0.5) is 10.5 Å². The van der Waals surface area contributed by atoms with Gasteiger partial charge in [0, 0.05) is 25.0 Å². The fraction of sp³-hybridized carbons (Fsp3) is 0.292. The zero-order valence-corrected chi connectivity index (χ0v) is 18.0. The fourth-order valence-corrected chi connectivity index (χ4v) is 4.04. The molecular weight excluding hydrogens is 394 g/mol. The number of rotatable bonds is 6. The van der Waals surface area contributed by atoms with Crippen molar-refractivity contribution in [3.05, 3.63) is 72.1 Å². The van der Waals surface area contributed by atoms with Gasteiger partial charge in [0.05, 0.1) is 32.6 Å². The molecule has 7 nitrogen and oxygen atoms in total. The van der Waals surface area contributed by atoms with Crippen molar-refractivity contribution in [3.8, 4) is 17.2 Å². The number of methoxy groups -OCH3 is 2. The molecule has 0 saturated heterocycles. The van der Waals surface area contributed by atoms with Gasteiger partial charge in [-0.15, -0.1) is 0 Å². The molecule has 1 aromatic heterocycles. The van der Waals surface area contributed by atoms with Gasteiger partial charge >= 0.3 is 6.03 Å². The lowest BCUT2D eigenvalue weighted by atomic mass is 10.00. The Morgan fingerprint density at radius 3 is 2.55 bits per heavy atom. The minimum atomic E-state index is -0.212. The standard InChI is InChI=1S/C24H27N3O4/c1-4-31-18-12-10-17(11-13-18)22-20-8-6-14-26(20)15-16-27(22)24(28)25-19-7-5-9-21(29-2)23(19)30-3/h5-14,22H,4,15-16H2,1-3H3,(H,25,28)/t22-/m0/s1. The summed E-state index contributed by atoms with van der Waals surface area (Å²) in [6, 6.07) is 17.0. The number of fused-ring (bicyclic) bond motifs is 1. The average molecular weight is 421 g/mol. The number of nitrogens with zero attached hydrogens (tertiary/aromatic N) is 2. The van der Waals surface area contributed by atoms with Crippen LogP contribution in [-0.2, 0) is 6.54 Å². The second-order valence-corrected chi connectivity index (χ2v) is 7.20. The van der Waals surface area contributed by atoms with Crippen LogP contribution in [0.15, 0.2) is 60.8 Å². The molecule has 4 rings (SSSR count). The van der Waals surface area contributed by atoms with E-state index in [0.29, 0.717) is 30.3 Å². The highest BCUT2D eigenvalue weighted by Crippen LogP contribution is 2.37. The normalized spacial score (nSPS) is 15.2. The number of hydrogen-bond donors (Lipinski definition) is 1. The summed E-state index contributed by atoms with van der Waals surface area (Å²) in [6.07, 6.45) is 2.05. The van der Waals surface area contributed by atoms with Gasteiger partial charge in [0.1, 0.15) is 5.75 Å². The second kappa shape index (κ2) is 9.04. The van der Waals surface area contributed by atoms with Gasteiger partial charge in [-0.3, -0.25) is 0 Å². The summed E-state index contributed by atoms with van der Waals surface area (Å²) in [5, 5.41) is 3.01.